The van der Waals surface area contributed by atoms with Crippen LogP contribution in [-0.2, 0) is 11.3 Å². The largest absolute Gasteiger partial charge is 0.424 e. The van der Waals surface area contributed by atoms with Crippen LogP contribution in [0.25, 0.3) is 33.4 Å². The molecule has 10 heteroatoms. The zero-order chi connectivity index (χ0) is 25.4. The number of amides is 1. The summed E-state index contributed by atoms with van der Waals surface area (Å²) in [6, 6.07) is 16.9. The Kier molecular flexibility index (Phi) is 5.28. The van der Waals surface area contributed by atoms with E-state index in [-0.39, 0.29) is 17.6 Å². The molecule has 1 aliphatic heterocycles. The summed E-state index contributed by atoms with van der Waals surface area (Å²) >= 11 is 0. The number of benzene rings is 2. The third kappa shape index (κ3) is 4.00. The molecule has 0 radical (unpaired) electrons. The second kappa shape index (κ2) is 8.90. The number of nitrogens with zero attached hydrogens (tertiary/aromatic N) is 5. The van der Waals surface area contributed by atoms with Crippen molar-refractivity contribution in [2.75, 3.05) is 10.6 Å². The van der Waals surface area contributed by atoms with E-state index in [2.05, 4.69) is 42.1 Å². The van der Waals surface area contributed by atoms with E-state index in [1.165, 1.54) is 24.7 Å². The summed E-state index contributed by atoms with van der Waals surface area (Å²) in [6.07, 6.45) is 4.23. The van der Waals surface area contributed by atoms with E-state index in [1.54, 1.807) is 0 Å². The fourth-order valence-corrected chi connectivity index (χ4v) is 4.32. The Morgan fingerprint density at radius 3 is 2.81 bits per heavy atom. The highest BCUT2D eigenvalue weighted by molar-refractivity contribution is 6.09. The Bertz CT molecular complexity index is 1730. The molecule has 6 rings (SSSR count). The maximum Gasteiger partial charge on any atom is 0.323 e. The predicted molar refractivity (Wildman–Crippen MR) is 138 cm³/mol. The molecule has 0 aliphatic carbocycles. The molecule has 1 amide bonds. The highest BCUT2D eigenvalue weighted by Gasteiger charge is 2.24. The second-order valence-corrected chi connectivity index (χ2v) is 8.20. The molecule has 0 bridgehead atoms. The minimum absolute atomic E-state index is 0.100. The number of rotatable bonds is 5. The average molecular weight is 486 g/mol. The Hall–Kier alpha value is -5.56. The van der Waals surface area contributed by atoms with Crippen LogP contribution in [0.5, 0.6) is 11.8 Å². The number of fused-ring (bicyclic) bond motifs is 2. The summed E-state index contributed by atoms with van der Waals surface area (Å²) < 4.78 is 5.85. The number of aromatic amines is 1. The average Bonchev–Trinajstić information content (AvgIpc) is 3.24. The van der Waals surface area contributed by atoms with Gasteiger partial charge in [-0.1, -0.05) is 24.8 Å². The molecular formula is C27H18N8O2. The van der Waals surface area contributed by atoms with Crippen LogP contribution >= 0.6 is 0 Å². The number of anilines is 2. The van der Waals surface area contributed by atoms with Crippen LogP contribution in [0.3, 0.4) is 0 Å². The SMILES string of the molecule is C=CC(=O)Nc1ccc(-c2[nH]c3ncnc4c3c2-c2ccc(Oc3nccc(C#N)n3)cc2CN4)cc1. The molecule has 0 atom stereocenters. The maximum atomic E-state index is 11.7. The van der Waals surface area contributed by atoms with Crippen molar-refractivity contribution < 1.29 is 9.53 Å². The zero-order valence-electron chi connectivity index (χ0n) is 19.3. The van der Waals surface area contributed by atoms with Crippen molar-refractivity contribution >= 4 is 28.4 Å². The molecule has 37 heavy (non-hydrogen) atoms. The van der Waals surface area contributed by atoms with Gasteiger partial charge < -0.3 is 20.4 Å². The molecular weight excluding hydrogens is 468 g/mol. The van der Waals surface area contributed by atoms with Crippen molar-refractivity contribution in [2.45, 2.75) is 6.54 Å². The van der Waals surface area contributed by atoms with E-state index in [9.17, 15) is 4.79 Å². The van der Waals surface area contributed by atoms with Gasteiger partial charge in [0, 0.05) is 24.0 Å². The molecule has 1 aliphatic rings. The number of carbonyl (C=O) groups excluding carboxylic acids is 1. The summed E-state index contributed by atoms with van der Waals surface area (Å²) in [4.78, 5) is 32.2. The van der Waals surface area contributed by atoms with Crippen LogP contribution in [0.1, 0.15) is 11.3 Å². The highest BCUT2D eigenvalue weighted by atomic mass is 16.5. The molecule has 0 spiro atoms. The van der Waals surface area contributed by atoms with Crippen molar-refractivity contribution in [3.63, 3.8) is 0 Å². The molecule has 0 fully saturated rings. The lowest BCUT2D eigenvalue weighted by atomic mass is 9.95. The molecule has 3 N–H and O–H groups in total. The van der Waals surface area contributed by atoms with Crippen LogP contribution in [0.15, 0.2) is 73.7 Å². The van der Waals surface area contributed by atoms with Gasteiger partial charge in [-0.2, -0.15) is 10.2 Å². The molecule has 2 aromatic carbocycles. The molecule has 0 saturated heterocycles. The highest BCUT2D eigenvalue weighted by Crippen LogP contribution is 2.44. The lowest BCUT2D eigenvalue weighted by Gasteiger charge is -2.12. The Morgan fingerprint density at radius 1 is 1.14 bits per heavy atom. The minimum atomic E-state index is -0.271. The van der Waals surface area contributed by atoms with Crippen LogP contribution in [0.4, 0.5) is 11.5 Å². The summed E-state index contributed by atoms with van der Waals surface area (Å²) in [5, 5.41) is 16.2. The minimum Gasteiger partial charge on any atom is -0.424 e. The number of carbonyl (C=O) groups is 1. The van der Waals surface area contributed by atoms with E-state index in [4.69, 9.17) is 10.00 Å². The van der Waals surface area contributed by atoms with E-state index >= 15 is 0 Å². The van der Waals surface area contributed by atoms with Gasteiger partial charge in [0.1, 0.15) is 35.3 Å². The fourth-order valence-electron chi connectivity index (χ4n) is 4.32. The third-order valence-electron chi connectivity index (χ3n) is 5.97. The quantitative estimate of drug-likeness (QED) is 0.301. The number of hydrogen-bond acceptors (Lipinski definition) is 8. The van der Waals surface area contributed by atoms with Gasteiger partial charge >= 0.3 is 6.01 Å². The Labute approximate surface area is 210 Å². The number of H-pyrrole nitrogens is 1. The number of hydrogen-bond donors (Lipinski definition) is 3. The number of ether oxygens (including phenoxy) is 1. The molecule has 10 nitrogen and oxygen atoms in total. The zero-order valence-corrected chi connectivity index (χ0v) is 19.3. The van der Waals surface area contributed by atoms with Crippen molar-refractivity contribution in [2.24, 2.45) is 0 Å². The van der Waals surface area contributed by atoms with Gasteiger partial charge in [-0.25, -0.2) is 15.0 Å². The molecule has 0 saturated carbocycles. The number of aromatic nitrogens is 5. The summed E-state index contributed by atoms with van der Waals surface area (Å²) in [5.74, 6) is 0.997. The summed E-state index contributed by atoms with van der Waals surface area (Å²) in [5.41, 5.74) is 6.33. The predicted octanol–water partition coefficient (Wildman–Crippen LogP) is 4.80. The Morgan fingerprint density at radius 2 is 2.00 bits per heavy atom. The first-order chi connectivity index (χ1) is 18.1. The van der Waals surface area contributed by atoms with E-state index < -0.39 is 0 Å². The van der Waals surface area contributed by atoms with E-state index in [1.807, 2.05) is 48.5 Å². The van der Waals surface area contributed by atoms with Crippen molar-refractivity contribution in [3.05, 3.63) is 85.0 Å². The molecule has 0 unspecified atom stereocenters. The van der Waals surface area contributed by atoms with Crippen molar-refractivity contribution in [1.82, 2.24) is 24.9 Å². The molecule has 5 aromatic rings. The normalized spacial score (nSPS) is 11.5. The summed E-state index contributed by atoms with van der Waals surface area (Å²) in [7, 11) is 0. The fraction of sp³-hybridized carbons (Fsp3) is 0.0370. The molecule has 3 aromatic heterocycles. The van der Waals surface area contributed by atoms with Crippen molar-refractivity contribution in [1.29, 1.82) is 5.26 Å². The van der Waals surface area contributed by atoms with Gasteiger partial charge in [-0.05, 0) is 53.1 Å². The van der Waals surface area contributed by atoms with Crippen LogP contribution in [0, 0.1) is 11.3 Å². The molecule has 4 heterocycles. The van der Waals surface area contributed by atoms with Gasteiger partial charge in [0.05, 0.1) is 11.1 Å². The number of nitrogens with one attached hydrogen (secondary N) is 3. The Balaban J connectivity index is 1.44. The van der Waals surface area contributed by atoms with Crippen LogP contribution < -0.4 is 15.4 Å². The second-order valence-electron chi connectivity index (χ2n) is 8.20. The van der Waals surface area contributed by atoms with Crippen LogP contribution in [-0.4, -0.2) is 30.8 Å². The van der Waals surface area contributed by atoms with Gasteiger partial charge in [-0.15, -0.1) is 0 Å². The van der Waals surface area contributed by atoms with Crippen LogP contribution in [0.2, 0.25) is 0 Å². The van der Waals surface area contributed by atoms with Gasteiger partial charge in [0.15, 0.2) is 0 Å². The van der Waals surface area contributed by atoms with Gasteiger partial charge in [0.2, 0.25) is 5.91 Å². The maximum absolute atomic E-state index is 11.7. The monoisotopic (exact) mass is 486 g/mol. The third-order valence-corrected chi connectivity index (χ3v) is 5.97. The first kappa shape index (κ1) is 21.9. The lowest BCUT2D eigenvalue weighted by molar-refractivity contribution is -0.111. The van der Waals surface area contributed by atoms with Gasteiger partial charge in [0.25, 0.3) is 0 Å². The lowest BCUT2D eigenvalue weighted by Crippen LogP contribution is -2.06. The smallest absolute Gasteiger partial charge is 0.323 e. The van der Waals surface area contributed by atoms with E-state index in [0.29, 0.717) is 23.6 Å². The van der Waals surface area contributed by atoms with E-state index in [0.717, 1.165) is 39.2 Å². The van der Waals surface area contributed by atoms with Gasteiger partial charge in [-0.3, -0.25) is 4.79 Å². The standard InChI is InChI=1S/C27H18N8O2/c1-2-21(36)33-17-5-3-15(4-6-17)24-22-20-8-7-19(37-27-29-10-9-18(12-28)34-27)11-16(20)13-30-25-23(22)26(35-24)32-14-31-25/h2-11,14H,1,13H2,(H,33,36)(H2,30,31,32,35). The van der Waals surface area contributed by atoms with Crippen molar-refractivity contribution in [3.8, 4) is 40.2 Å². The first-order valence-electron chi connectivity index (χ1n) is 11.3. The topological polar surface area (TPSA) is 142 Å². The number of nitriles is 1. The first-order valence-corrected chi connectivity index (χ1v) is 11.3. The summed E-state index contributed by atoms with van der Waals surface area (Å²) in [6.45, 7) is 4.00. The molecule has 178 valence electrons.